The number of hydrogen-bond donors (Lipinski definition) is 1. The first-order chi connectivity index (χ1) is 5.10. The van der Waals surface area contributed by atoms with Crippen molar-refractivity contribution in [2.24, 2.45) is 0 Å². The van der Waals surface area contributed by atoms with Crippen LogP contribution in [0.4, 0.5) is 26.3 Å². The summed E-state index contributed by atoms with van der Waals surface area (Å²) in [5.41, 5.74) is 0. The predicted molar refractivity (Wildman–Crippen MR) is 23.5 cm³/mol. The summed E-state index contributed by atoms with van der Waals surface area (Å²) < 4.78 is 68.7. The minimum absolute atomic E-state index is 3.15. The number of carboxylic acid groups (broad SMARTS) is 1. The average Bonchev–Trinajstić information content (AvgIpc) is 1.83. The molecule has 12 heavy (non-hydrogen) atoms. The summed E-state index contributed by atoms with van der Waals surface area (Å²) >= 11 is 0. The zero-order valence-electron chi connectivity index (χ0n) is 5.20. The van der Waals surface area contributed by atoms with Crippen LogP contribution >= 0.6 is 0 Å². The third-order valence-electron chi connectivity index (χ3n) is 0.891. The Hall–Kier alpha value is -0.950. The van der Waals surface area contributed by atoms with Gasteiger partial charge in [0.05, 0.1) is 0 Å². The highest BCUT2D eigenvalue weighted by molar-refractivity contribution is 5.76. The summed E-state index contributed by atoms with van der Waals surface area (Å²) in [4.78, 5) is 9.42. The fraction of sp³-hybridized carbons (Fsp3) is 0.750. The number of carbonyl (C=O) groups is 1. The van der Waals surface area contributed by atoms with Crippen LogP contribution in [0.15, 0.2) is 0 Å². The first kappa shape index (κ1) is 11.0. The normalized spacial score (nSPS) is 15.8. The largest absolute Gasteiger partial charge is 0.477 e. The lowest BCUT2D eigenvalue weighted by Crippen LogP contribution is -2.47. The molecule has 0 spiro atoms. The molecule has 0 heterocycles. The van der Waals surface area contributed by atoms with E-state index in [9.17, 15) is 31.1 Å². The highest BCUT2D eigenvalue weighted by atomic mass is 19.4. The number of halogens is 6. The second kappa shape index (κ2) is 2.83. The highest BCUT2D eigenvalue weighted by Crippen LogP contribution is 2.34. The van der Waals surface area contributed by atoms with Crippen molar-refractivity contribution in [3.8, 4) is 0 Å². The molecule has 0 aromatic heterocycles. The average molecular weight is 196 g/mol. The van der Waals surface area contributed by atoms with Crippen molar-refractivity contribution >= 4 is 5.97 Å². The fourth-order valence-corrected chi connectivity index (χ4v) is 0.314. The molecule has 0 aliphatic heterocycles. The van der Waals surface area contributed by atoms with Crippen molar-refractivity contribution in [2.75, 3.05) is 0 Å². The zero-order valence-corrected chi connectivity index (χ0v) is 5.20. The minimum Gasteiger partial charge on any atom is -0.477 e. The van der Waals surface area contributed by atoms with Crippen molar-refractivity contribution in [1.29, 1.82) is 0 Å². The molecule has 0 aromatic carbocycles. The van der Waals surface area contributed by atoms with Crippen molar-refractivity contribution < 1.29 is 36.2 Å². The van der Waals surface area contributed by atoms with Crippen molar-refractivity contribution in [3.05, 3.63) is 0 Å². The van der Waals surface area contributed by atoms with Gasteiger partial charge < -0.3 is 5.11 Å². The molecule has 0 saturated heterocycles. The monoisotopic (exact) mass is 196 g/mol. The lowest BCUT2D eigenvalue weighted by molar-refractivity contribution is -0.247. The molecular weight excluding hydrogens is 194 g/mol. The van der Waals surface area contributed by atoms with E-state index in [4.69, 9.17) is 5.11 Å². The standard InChI is InChI=1S/C4H2F6O2/c5-1(4(8,9)10)3(6,7)2(11)12/h1H,(H,11,12)/t1-/m0/s1. The van der Waals surface area contributed by atoms with Gasteiger partial charge in [0.25, 0.3) is 6.17 Å². The summed E-state index contributed by atoms with van der Waals surface area (Å²) in [5.74, 6) is -8.58. The Morgan fingerprint density at radius 3 is 1.58 bits per heavy atom. The molecule has 0 fully saturated rings. The van der Waals surface area contributed by atoms with Crippen LogP contribution in [0.3, 0.4) is 0 Å². The van der Waals surface area contributed by atoms with Gasteiger partial charge in [-0.15, -0.1) is 0 Å². The van der Waals surface area contributed by atoms with E-state index in [1.54, 1.807) is 0 Å². The SMILES string of the molecule is O=C(O)C(F)(F)[C@H](F)C(F)(F)F. The summed E-state index contributed by atoms with van der Waals surface area (Å²) in [6, 6.07) is 0. The number of rotatable bonds is 2. The minimum atomic E-state index is -5.87. The molecule has 0 aromatic rings. The maximum Gasteiger partial charge on any atom is 0.426 e. The summed E-state index contributed by atoms with van der Waals surface area (Å²) in [7, 11) is 0. The molecule has 2 nitrogen and oxygen atoms in total. The van der Waals surface area contributed by atoms with E-state index in [0.29, 0.717) is 0 Å². The van der Waals surface area contributed by atoms with Gasteiger partial charge in [-0.3, -0.25) is 0 Å². The number of carboxylic acids is 1. The van der Waals surface area contributed by atoms with E-state index >= 15 is 0 Å². The second-order valence-corrected chi connectivity index (χ2v) is 1.83. The Morgan fingerprint density at radius 2 is 1.50 bits per heavy atom. The van der Waals surface area contributed by atoms with Gasteiger partial charge in [-0.05, 0) is 0 Å². The second-order valence-electron chi connectivity index (χ2n) is 1.83. The van der Waals surface area contributed by atoms with E-state index in [1.165, 1.54) is 0 Å². The number of aliphatic carboxylic acids is 1. The predicted octanol–water partition coefficient (Wildman–Crippen LogP) is 1.61. The Kier molecular flexibility index (Phi) is 2.61. The zero-order chi connectivity index (χ0) is 10.2. The molecule has 0 rings (SSSR count). The Labute approximate surface area is 61.8 Å². The summed E-state index contributed by atoms with van der Waals surface area (Å²) in [5, 5.41) is 7.48. The molecule has 0 aliphatic carbocycles. The maximum atomic E-state index is 11.7. The quantitative estimate of drug-likeness (QED) is 0.681. The first-order valence-corrected chi connectivity index (χ1v) is 2.42. The van der Waals surface area contributed by atoms with Gasteiger partial charge in [0.1, 0.15) is 0 Å². The highest BCUT2D eigenvalue weighted by Gasteiger charge is 2.61. The lowest BCUT2D eigenvalue weighted by Gasteiger charge is -2.18. The Balaban J connectivity index is 4.69. The Bertz CT molecular complexity index is 184. The molecular formula is C4H2F6O2. The molecule has 0 amide bonds. The van der Waals surface area contributed by atoms with Crippen LogP contribution in [0.5, 0.6) is 0 Å². The number of alkyl halides is 6. The molecule has 1 N–H and O–H groups in total. The molecule has 0 unspecified atom stereocenters. The molecule has 0 saturated carbocycles. The molecule has 0 bridgehead atoms. The molecule has 0 aliphatic rings. The van der Waals surface area contributed by atoms with E-state index in [-0.39, 0.29) is 0 Å². The van der Waals surface area contributed by atoms with Crippen LogP contribution in [0, 0.1) is 0 Å². The molecule has 0 radical (unpaired) electrons. The van der Waals surface area contributed by atoms with Crippen LogP contribution in [0.2, 0.25) is 0 Å². The first-order valence-electron chi connectivity index (χ1n) is 2.42. The van der Waals surface area contributed by atoms with Crippen LogP contribution in [0.25, 0.3) is 0 Å². The van der Waals surface area contributed by atoms with E-state index < -0.39 is 24.2 Å². The van der Waals surface area contributed by atoms with E-state index in [2.05, 4.69) is 0 Å². The van der Waals surface area contributed by atoms with Crippen LogP contribution in [-0.4, -0.2) is 29.3 Å². The third kappa shape index (κ3) is 2.02. The lowest BCUT2D eigenvalue weighted by atomic mass is 10.2. The van der Waals surface area contributed by atoms with Gasteiger partial charge in [0, 0.05) is 0 Å². The molecule has 1 atom stereocenters. The van der Waals surface area contributed by atoms with Gasteiger partial charge in [-0.25, -0.2) is 9.18 Å². The van der Waals surface area contributed by atoms with Gasteiger partial charge >= 0.3 is 18.1 Å². The summed E-state index contributed by atoms with van der Waals surface area (Å²) in [6.45, 7) is 0. The van der Waals surface area contributed by atoms with Gasteiger partial charge in [0.15, 0.2) is 0 Å². The van der Waals surface area contributed by atoms with Crippen molar-refractivity contribution in [3.63, 3.8) is 0 Å². The molecule has 8 heteroatoms. The van der Waals surface area contributed by atoms with E-state index in [1.807, 2.05) is 0 Å². The smallest absolute Gasteiger partial charge is 0.426 e. The van der Waals surface area contributed by atoms with Crippen LogP contribution in [0.1, 0.15) is 0 Å². The molecule has 72 valence electrons. The fourth-order valence-electron chi connectivity index (χ4n) is 0.314. The van der Waals surface area contributed by atoms with Gasteiger partial charge in [0.2, 0.25) is 0 Å². The topological polar surface area (TPSA) is 37.3 Å². The maximum absolute atomic E-state index is 11.7. The summed E-state index contributed by atoms with van der Waals surface area (Å²) in [6.07, 6.45) is -10.6. The van der Waals surface area contributed by atoms with Gasteiger partial charge in [-0.1, -0.05) is 0 Å². The van der Waals surface area contributed by atoms with Crippen molar-refractivity contribution in [2.45, 2.75) is 18.3 Å². The number of hydrogen-bond acceptors (Lipinski definition) is 1. The van der Waals surface area contributed by atoms with Crippen LogP contribution in [-0.2, 0) is 4.79 Å². The van der Waals surface area contributed by atoms with E-state index in [0.717, 1.165) is 0 Å². The van der Waals surface area contributed by atoms with Crippen molar-refractivity contribution in [1.82, 2.24) is 0 Å². The Morgan fingerprint density at radius 1 is 1.17 bits per heavy atom. The third-order valence-corrected chi connectivity index (χ3v) is 0.891. The van der Waals surface area contributed by atoms with Crippen LogP contribution < -0.4 is 0 Å². The van der Waals surface area contributed by atoms with Gasteiger partial charge in [-0.2, -0.15) is 22.0 Å².